The summed E-state index contributed by atoms with van der Waals surface area (Å²) in [5.74, 6) is 0.632. The van der Waals surface area contributed by atoms with Crippen LogP contribution in [0.1, 0.15) is 30.0 Å². The fourth-order valence-corrected chi connectivity index (χ4v) is 4.04. The lowest BCUT2D eigenvalue weighted by Crippen LogP contribution is -2.09. The molecular formula is C18H17ClN8O2S. The summed E-state index contributed by atoms with van der Waals surface area (Å²) in [7, 11) is 0. The van der Waals surface area contributed by atoms with Gasteiger partial charge in [0.15, 0.2) is 5.82 Å². The highest BCUT2D eigenvalue weighted by Gasteiger charge is 2.21. The van der Waals surface area contributed by atoms with E-state index in [2.05, 4.69) is 25.7 Å². The van der Waals surface area contributed by atoms with Crippen LogP contribution in [0.5, 0.6) is 0 Å². The van der Waals surface area contributed by atoms with Crippen LogP contribution in [0.15, 0.2) is 48.9 Å². The molecule has 0 spiro atoms. The molecule has 0 amide bonds. The van der Waals surface area contributed by atoms with Crippen LogP contribution in [0.3, 0.4) is 0 Å². The minimum Gasteiger partial charge on any atom is -0.313 e. The van der Waals surface area contributed by atoms with Crippen LogP contribution in [0.2, 0.25) is 5.02 Å². The van der Waals surface area contributed by atoms with Crippen molar-refractivity contribution in [1.82, 2.24) is 29.8 Å². The highest BCUT2D eigenvalue weighted by molar-refractivity contribution is 7.15. The number of halogens is 1. The summed E-state index contributed by atoms with van der Waals surface area (Å²) in [5.41, 5.74) is 0.923. The Labute approximate surface area is 180 Å². The molecule has 0 aliphatic heterocycles. The topological polar surface area (TPSA) is 117 Å². The summed E-state index contributed by atoms with van der Waals surface area (Å²) < 4.78 is 3.32. The molecule has 0 unspecified atom stereocenters. The van der Waals surface area contributed by atoms with Gasteiger partial charge in [-0.2, -0.15) is 10.2 Å². The zero-order valence-electron chi connectivity index (χ0n) is 15.8. The second-order valence-corrected chi connectivity index (χ2v) is 7.84. The Morgan fingerprint density at radius 3 is 2.87 bits per heavy atom. The van der Waals surface area contributed by atoms with E-state index in [1.165, 1.54) is 23.7 Å². The lowest BCUT2D eigenvalue weighted by atomic mass is 10.2. The van der Waals surface area contributed by atoms with Gasteiger partial charge in [-0.05, 0) is 18.1 Å². The van der Waals surface area contributed by atoms with Crippen LogP contribution in [0, 0.1) is 10.1 Å². The molecule has 12 heteroatoms. The number of nitrogens with zero attached hydrogens (tertiary/aromatic N) is 7. The summed E-state index contributed by atoms with van der Waals surface area (Å²) in [6, 6.07) is 9.24. The smallest absolute Gasteiger partial charge is 0.307 e. The van der Waals surface area contributed by atoms with Crippen LogP contribution in [-0.2, 0) is 6.54 Å². The highest BCUT2D eigenvalue weighted by Crippen LogP contribution is 2.29. The largest absolute Gasteiger partial charge is 0.313 e. The van der Waals surface area contributed by atoms with Crippen LogP contribution >= 0.6 is 22.9 Å². The van der Waals surface area contributed by atoms with Crippen molar-refractivity contribution in [3.8, 4) is 0 Å². The molecule has 3 heterocycles. The molecular weight excluding hydrogens is 428 g/mol. The minimum absolute atomic E-state index is 0.0552. The third-order valence-corrected chi connectivity index (χ3v) is 5.70. The molecule has 3 aromatic heterocycles. The van der Waals surface area contributed by atoms with Crippen LogP contribution in [0.4, 0.5) is 16.6 Å². The number of hydrogen-bond acceptors (Lipinski definition) is 8. The Morgan fingerprint density at radius 2 is 2.13 bits per heavy atom. The third kappa shape index (κ3) is 4.31. The van der Waals surface area contributed by atoms with Crippen molar-refractivity contribution < 1.29 is 4.92 Å². The first-order valence-corrected chi connectivity index (χ1v) is 10.3. The van der Waals surface area contributed by atoms with Gasteiger partial charge >= 0.3 is 5.69 Å². The van der Waals surface area contributed by atoms with Gasteiger partial charge in [-0.1, -0.05) is 48.1 Å². The third-order valence-electron chi connectivity index (χ3n) is 4.40. The number of rotatable bonds is 8. The standard InChI is InChI=1S/C18H17ClN8O2S/c1-2-15(26-11-13(9-20-26)27(28)29)17-22-23-18(30-17)21-16-7-8-25(24-16)10-12-5-3-4-6-14(12)19/h3-9,11,15H,2,10H2,1H3,(H,21,23,24)/t15-/m0/s1. The average molecular weight is 445 g/mol. The Balaban J connectivity index is 1.46. The van der Waals surface area contributed by atoms with Gasteiger partial charge in [0.2, 0.25) is 5.13 Å². The van der Waals surface area contributed by atoms with Gasteiger partial charge in [0.1, 0.15) is 23.4 Å². The molecule has 0 saturated carbocycles. The van der Waals surface area contributed by atoms with Crippen LogP contribution < -0.4 is 5.32 Å². The van der Waals surface area contributed by atoms with E-state index in [9.17, 15) is 10.1 Å². The molecule has 0 saturated heterocycles. The first-order valence-electron chi connectivity index (χ1n) is 9.09. The zero-order chi connectivity index (χ0) is 21.1. The predicted octanol–water partition coefficient (Wildman–Crippen LogP) is 4.28. The molecule has 0 aliphatic rings. The SMILES string of the molecule is CC[C@@H](c1nnc(Nc2ccn(Cc3ccccc3Cl)n2)s1)n1cc([N+](=O)[O-])cn1. The van der Waals surface area contributed by atoms with Crippen molar-refractivity contribution >= 4 is 39.6 Å². The van der Waals surface area contributed by atoms with E-state index in [-0.39, 0.29) is 11.7 Å². The summed E-state index contributed by atoms with van der Waals surface area (Å²) in [6.07, 6.45) is 5.15. The van der Waals surface area contributed by atoms with Gasteiger partial charge in [0, 0.05) is 17.3 Å². The van der Waals surface area contributed by atoms with Gasteiger partial charge in [-0.25, -0.2) is 0 Å². The van der Waals surface area contributed by atoms with E-state index in [0.29, 0.717) is 33.9 Å². The molecule has 4 aromatic rings. The fourth-order valence-electron chi connectivity index (χ4n) is 2.91. The normalized spacial score (nSPS) is 12.1. The molecule has 10 nitrogen and oxygen atoms in total. The van der Waals surface area contributed by atoms with E-state index in [4.69, 9.17) is 11.6 Å². The molecule has 154 valence electrons. The summed E-state index contributed by atoms with van der Waals surface area (Å²) in [6.45, 7) is 2.52. The van der Waals surface area contributed by atoms with Crippen LogP contribution in [-0.4, -0.2) is 34.7 Å². The van der Waals surface area contributed by atoms with Crippen molar-refractivity contribution in [2.45, 2.75) is 25.9 Å². The molecule has 0 aliphatic carbocycles. The zero-order valence-corrected chi connectivity index (χ0v) is 17.4. The van der Waals surface area contributed by atoms with Crippen molar-refractivity contribution in [2.24, 2.45) is 0 Å². The van der Waals surface area contributed by atoms with Crippen LogP contribution in [0.25, 0.3) is 0 Å². The molecule has 1 atom stereocenters. The minimum atomic E-state index is -0.470. The Kier molecular flexibility index (Phi) is 5.72. The maximum Gasteiger partial charge on any atom is 0.307 e. The lowest BCUT2D eigenvalue weighted by Gasteiger charge is -2.10. The Bertz CT molecular complexity index is 1170. The van der Waals surface area contributed by atoms with Gasteiger partial charge < -0.3 is 5.32 Å². The predicted molar refractivity (Wildman–Crippen MR) is 113 cm³/mol. The number of benzene rings is 1. The van der Waals surface area contributed by atoms with Gasteiger partial charge in [-0.15, -0.1) is 10.2 Å². The van der Waals surface area contributed by atoms with E-state index in [1.807, 2.05) is 43.5 Å². The van der Waals surface area contributed by atoms with Gasteiger partial charge in [-0.3, -0.25) is 19.5 Å². The molecule has 30 heavy (non-hydrogen) atoms. The molecule has 0 fully saturated rings. The Morgan fingerprint density at radius 1 is 1.30 bits per heavy atom. The van der Waals surface area contributed by atoms with Crippen molar-refractivity contribution in [3.63, 3.8) is 0 Å². The second kappa shape index (κ2) is 8.59. The fraction of sp³-hybridized carbons (Fsp3) is 0.222. The van der Waals surface area contributed by atoms with E-state index < -0.39 is 4.92 Å². The molecule has 1 aromatic carbocycles. The molecule has 1 N–H and O–H groups in total. The summed E-state index contributed by atoms with van der Waals surface area (Å²) in [5, 5.41) is 33.0. The number of aromatic nitrogens is 6. The van der Waals surface area contributed by atoms with Crippen molar-refractivity contribution in [3.05, 3.63) is 74.6 Å². The second-order valence-electron chi connectivity index (χ2n) is 6.42. The first-order chi connectivity index (χ1) is 14.5. The Hall–Kier alpha value is -3.31. The lowest BCUT2D eigenvalue weighted by molar-refractivity contribution is -0.385. The van der Waals surface area contributed by atoms with E-state index >= 15 is 0 Å². The molecule has 0 bridgehead atoms. The molecule has 4 rings (SSSR count). The first kappa shape index (κ1) is 20.0. The van der Waals surface area contributed by atoms with Crippen molar-refractivity contribution in [1.29, 1.82) is 0 Å². The summed E-state index contributed by atoms with van der Waals surface area (Å²) >= 11 is 7.56. The number of anilines is 2. The number of nitro groups is 1. The maximum absolute atomic E-state index is 10.9. The van der Waals surface area contributed by atoms with E-state index in [0.717, 1.165) is 5.56 Å². The quantitative estimate of drug-likeness (QED) is 0.318. The average Bonchev–Trinajstić information content (AvgIpc) is 3.47. The summed E-state index contributed by atoms with van der Waals surface area (Å²) in [4.78, 5) is 10.4. The van der Waals surface area contributed by atoms with Crippen molar-refractivity contribution in [2.75, 3.05) is 5.32 Å². The van der Waals surface area contributed by atoms with Gasteiger partial charge in [0.05, 0.1) is 11.5 Å². The highest BCUT2D eigenvalue weighted by atomic mass is 35.5. The number of nitrogens with one attached hydrogen (secondary N) is 1. The monoisotopic (exact) mass is 444 g/mol. The van der Waals surface area contributed by atoms with E-state index in [1.54, 1.807) is 9.36 Å². The number of hydrogen-bond donors (Lipinski definition) is 1. The molecule has 0 radical (unpaired) electrons. The maximum atomic E-state index is 10.9. The van der Waals surface area contributed by atoms with Gasteiger partial charge in [0.25, 0.3) is 0 Å².